The highest BCUT2D eigenvalue weighted by molar-refractivity contribution is 5.75. The molecular formula is C12H23N3O. The molecule has 0 spiro atoms. The zero-order valence-corrected chi connectivity index (χ0v) is 10.3. The van der Waals surface area contributed by atoms with Crippen LogP contribution in [0.5, 0.6) is 0 Å². The highest BCUT2D eigenvalue weighted by Gasteiger charge is 2.37. The van der Waals surface area contributed by atoms with Crippen LogP contribution in [0.25, 0.3) is 0 Å². The minimum Gasteiger partial charge on any atom is -0.359 e. The van der Waals surface area contributed by atoms with Gasteiger partial charge in [0.1, 0.15) is 0 Å². The van der Waals surface area contributed by atoms with Crippen LogP contribution in [0.1, 0.15) is 32.1 Å². The lowest BCUT2D eigenvalue weighted by atomic mass is 9.98. The Morgan fingerprint density at radius 3 is 2.50 bits per heavy atom. The number of amides is 1. The van der Waals surface area contributed by atoms with Crippen molar-refractivity contribution < 1.29 is 4.79 Å². The van der Waals surface area contributed by atoms with Gasteiger partial charge in [0.25, 0.3) is 0 Å². The Morgan fingerprint density at radius 2 is 1.94 bits per heavy atom. The summed E-state index contributed by atoms with van der Waals surface area (Å²) in [7, 11) is 3.95. The predicted molar refractivity (Wildman–Crippen MR) is 64.3 cm³/mol. The molecule has 2 atom stereocenters. The van der Waals surface area contributed by atoms with Crippen LogP contribution < -0.4 is 10.6 Å². The summed E-state index contributed by atoms with van der Waals surface area (Å²) in [5.74, 6) is 0.128. The average Bonchev–Trinajstić information content (AvgIpc) is 2.53. The third-order valence-corrected chi connectivity index (χ3v) is 4.16. The normalized spacial score (nSPS) is 34.0. The van der Waals surface area contributed by atoms with Gasteiger partial charge in [0, 0.05) is 38.1 Å². The van der Waals surface area contributed by atoms with Crippen LogP contribution in [0.15, 0.2) is 0 Å². The monoisotopic (exact) mass is 225 g/mol. The van der Waals surface area contributed by atoms with Crippen molar-refractivity contribution in [3.8, 4) is 0 Å². The number of piperidine rings is 1. The van der Waals surface area contributed by atoms with E-state index in [0.29, 0.717) is 12.5 Å². The summed E-state index contributed by atoms with van der Waals surface area (Å²) in [4.78, 5) is 13.6. The van der Waals surface area contributed by atoms with Crippen molar-refractivity contribution in [1.29, 1.82) is 0 Å². The molecule has 1 amide bonds. The Kier molecular flexibility index (Phi) is 3.82. The molecule has 92 valence electrons. The molecule has 2 fully saturated rings. The molecule has 0 aliphatic carbocycles. The first-order chi connectivity index (χ1) is 7.70. The van der Waals surface area contributed by atoms with Gasteiger partial charge in [0.2, 0.25) is 5.91 Å². The number of hydrogen-bond acceptors (Lipinski definition) is 3. The van der Waals surface area contributed by atoms with E-state index < -0.39 is 0 Å². The molecule has 0 aromatic rings. The smallest absolute Gasteiger partial charge is 0.221 e. The SMILES string of the molecule is CNC(=O)CCNC1CC2CCC(C1)N2C. The number of nitrogens with one attached hydrogen (secondary N) is 2. The van der Waals surface area contributed by atoms with E-state index >= 15 is 0 Å². The number of rotatable bonds is 4. The summed E-state index contributed by atoms with van der Waals surface area (Å²) >= 11 is 0. The van der Waals surface area contributed by atoms with Crippen molar-refractivity contribution >= 4 is 5.91 Å². The first-order valence-electron chi connectivity index (χ1n) is 6.36. The van der Waals surface area contributed by atoms with Crippen LogP contribution in [0.3, 0.4) is 0 Å². The Hall–Kier alpha value is -0.610. The van der Waals surface area contributed by atoms with E-state index in [0.717, 1.165) is 18.6 Å². The third kappa shape index (κ3) is 2.55. The number of nitrogens with zero attached hydrogens (tertiary/aromatic N) is 1. The van der Waals surface area contributed by atoms with E-state index in [9.17, 15) is 4.79 Å². The first-order valence-corrected chi connectivity index (χ1v) is 6.36. The van der Waals surface area contributed by atoms with Gasteiger partial charge in [-0.1, -0.05) is 0 Å². The molecule has 2 aliphatic heterocycles. The highest BCUT2D eigenvalue weighted by atomic mass is 16.1. The van der Waals surface area contributed by atoms with Gasteiger partial charge in [-0.25, -0.2) is 0 Å². The first kappa shape index (κ1) is 11.9. The van der Waals surface area contributed by atoms with Crippen LogP contribution in [-0.4, -0.2) is 49.6 Å². The number of carbonyl (C=O) groups excluding carboxylic acids is 1. The van der Waals surface area contributed by atoms with Crippen molar-refractivity contribution in [2.75, 3.05) is 20.6 Å². The molecule has 2 unspecified atom stereocenters. The maximum atomic E-state index is 11.1. The van der Waals surface area contributed by atoms with Gasteiger partial charge in [-0.05, 0) is 32.7 Å². The Labute approximate surface area is 97.8 Å². The zero-order valence-electron chi connectivity index (χ0n) is 10.3. The van der Waals surface area contributed by atoms with Crippen molar-refractivity contribution in [1.82, 2.24) is 15.5 Å². The number of carbonyl (C=O) groups is 1. The zero-order chi connectivity index (χ0) is 11.5. The van der Waals surface area contributed by atoms with Gasteiger partial charge in [-0.15, -0.1) is 0 Å². The molecule has 4 heteroatoms. The number of hydrogen-bond donors (Lipinski definition) is 2. The van der Waals surface area contributed by atoms with Crippen LogP contribution in [-0.2, 0) is 4.79 Å². The average molecular weight is 225 g/mol. The van der Waals surface area contributed by atoms with E-state index in [4.69, 9.17) is 0 Å². The standard InChI is InChI=1S/C12H23N3O/c1-13-12(16)5-6-14-9-7-10-3-4-11(8-9)15(10)2/h9-11,14H,3-8H2,1-2H3,(H,13,16). The van der Waals surface area contributed by atoms with E-state index in [1.54, 1.807) is 7.05 Å². The fourth-order valence-electron chi connectivity index (χ4n) is 3.09. The molecular weight excluding hydrogens is 202 g/mol. The second-order valence-corrected chi connectivity index (χ2v) is 5.10. The molecule has 16 heavy (non-hydrogen) atoms. The second-order valence-electron chi connectivity index (χ2n) is 5.10. The molecule has 2 saturated heterocycles. The largest absolute Gasteiger partial charge is 0.359 e. The van der Waals surface area contributed by atoms with Crippen LogP contribution in [0, 0.1) is 0 Å². The summed E-state index contributed by atoms with van der Waals surface area (Å²) in [5, 5.41) is 6.17. The minimum atomic E-state index is 0.128. The molecule has 2 rings (SSSR count). The third-order valence-electron chi connectivity index (χ3n) is 4.16. The van der Waals surface area contributed by atoms with Crippen LogP contribution >= 0.6 is 0 Å². The van der Waals surface area contributed by atoms with Gasteiger partial charge in [0.15, 0.2) is 0 Å². The van der Waals surface area contributed by atoms with E-state index in [-0.39, 0.29) is 5.91 Å². The highest BCUT2D eigenvalue weighted by Crippen LogP contribution is 2.33. The van der Waals surface area contributed by atoms with Crippen molar-refractivity contribution in [2.45, 2.75) is 50.2 Å². The maximum Gasteiger partial charge on any atom is 0.221 e. The second kappa shape index (κ2) is 5.15. The summed E-state index contributed by atoms with van der Waals surface area (Å²) in [6.07, 6.45) is 5.81. The molecule has 0 aromatic heterocycles. The molecule has 2 aliphatic rings. The fraction of sp³-hybridized carbons (Fsp3) is 0.917. The van der Waals surface area contributed by atoms with Crippen molar-refractivity contribution in [3.63, 3.8) is 0 Å². The lowest BCUT2D eigenvalue weighted by Crippen LogP contribution is -2.47. The van der Waals surface area contributed by atoms with Crippen molar-refractivity contribution in [3.05, 3.63) is 0 Å². The summed E-state index contributed by atoms with van der Waals surface area (Å²) in [6, 6.07) is 2.17. The minimum absolute atomic E-state index is 0.128. The molecule has 0 radical (unpaired) electrons. The molecule has 4 nitrogen and oxygen atoms in total. The van der Waals surface area contributed by atoms with Crippen LogP contribution in [0.2, 0.25) is 0 Å². The van der Waals surface area contributed by atoms with E-state index in [1.807, 2.05) is 0 Å². The molecule has 0 saturated carbocycles. The number of fused-ring (bicyclic) bond motifs is 2. The quantitative estimate of drug-likeness (QED) is 0.725. The van der Waals surface area contributed by atoms with Crippen molar-refractivity contribution in [2.24, 2.45) is 0 Å². The Bertz CT molecular complexity index is 243. The van der Waals surface area contributed by atoms with Gasteiger partial charge < -0.3 is 15.5 Å². The Morgan fingerprint density at radius 1 is 1.31 bits per heavy atom. The van der Waals surface area contributed by atoms with Gasteiger partial charge in [0.05, 0.1) is 0 Å². The van der Waals surface area contributed by atoms with Gasteiger partial charge in [-0.2, -0.15) is 0 Å². The fourth-order valence-corrected chi connectivity index (χ4v) is 3.09. The van der Waals surface area contributed by atoms with Gasteiger partial charge >= 0.3 is 0 Å². The maximum absolute atomic E-state index is 11.1. The molecule has 2 bridgehead atoms. The topological polar surface area (TPSA) is 44.4 Å². The summed E-state index contributed by atoms with van der Waals surface area (Å²) in [6.45, 7) is 0.813. The van der Waals surface area contributed by atoms with Crippen LogP contribution in [0.4, 0.5) is 0 Å². The summed E-state index contributed by atoms with van der Waals surface area (Å²) in [5.41, 5.74) is 0. The lowest BCUT2D eigenvalue weighted by molar-refractivity contribution is -0.120. The molecule has 2 heterocycles. The molecule has 0 aromatic carbocycles. The van der Waals surface area contributed by atoms with Gasteiger partial charge in [-0.3, -0.25) is 4.79 Å². The summed E-state index contributed by atoms with van der Waals surface area (Å²) < 4.78 is 0. The predicted octanol–water partition coefficient (Wildman–Crippen LogP) is 0.337. The van der Waals surface area contributed by atoms with E-state index in [1.165, 1.54) is 25.7 Å². The lowest BCUT2D eigenvalue weighted by Gasteiger charge is -2.36. The Balaban J connectivity index is 1.70. The molecule has 2 N–H and O–H groups in total. The van der Waals surface area contributed by atoms with E-state index in [2.05, 4.69) is 22.6 Å².